The van der Waals surface area contributed by atoms with Crippen molar-refractivity contribution in [3.8, 4) is 6.07 Å². The Kier molecular flexibility index (Phi) is 7.71. The predicted octanol–water partition coefficient (Wildman–Crippen LogP) is 4.49. The number of aromatic nitrogens is 1. The molecule has 8 nitrogen and oxygen atoms in total. The van der Waals surface area contributed by atoms with Gasteiger partial charge < -0.3 is 9.80 Å². The number of hydrogen-bond donors (Lipinski definition) is 0. The van der Waals surface area contributed by atoms with Crippen LogP contribution in [0.15, 0.2) is 47.4 Å². The first kappa shape index (κ1) is 31.7. The van der Waals surface area contributed by atoms with Crippen molar-refractivity contribution in [1.29, 1.82) is 5.26 Å². The van der Waals surface area contributed by atoms with Crippen molar-refractivity contribution in [2.75, 3.05) is 13.1 Å². The van der Waals surface area contributed by atoms with Crippen LogP contribution in [-0.2, 0) is 36.3 Å². The maximum absolute atomic E-state index is 14.9. The number of alkyl halides is 7. The second-order valence-corrected chi connectivity index (χ2v) is 13.1. The van der Waals surface area contributed by atoms with Crippen LogP contribution in [0.5, 0.6) is 0 Å². The Balaban J connectivity index is 1.65. The first-order valence-corrected chi connectivity index (χ1v) is 15.1. The molecule has 0 saturated carbocycles. The standard InChI is InChI=1S/C28H25F7N4O4S/c29-26(27(30,31)32,28(33,34)35)21-10-7-18-19(37-21)8-11-22-25(18,44(42,43)17-5-2-1-3-6-17)13-16-39(22)24(41)20-9-12-23(40)38(20)15-4-14-36/h1-3,5-7,10,20,22H,4,8-9,11-13,15-16H2/t20-,22?,25?/m0/s1. The fraction of sp³-hybridized carbons (Fsp3) is 0.500. The topological polar surface area (TPSA) is 111 Å². The molecule has 16 heteroatoms. The number of fused-ring (bicyclic) bond motifs is 3. The number of nitrogens with zero attached hydrogens (tertiary/aromatic N) is 4. The van der Waals surface area contributed by atoms with Crippen LogP contribution < -0.4 is 0 Å². The summed E-state index contributed by atoms with van der Waals surface area (Å²) in [7, 11) is -4.50. The molecule has 2 fully saturated rings. The molecule has 3 heterocycles. The van der Waals surface area contributed by atoms with E-state index in [-0.39, 0.29) is 74.0 Å². The number of rotatable bonds is 6. The van der Waals surface area contributed by atoms with E-state index in [2.05, 4.69) is 4.98 Å². The van der Waals surface area contributed by atoms with Crippen molar-refractivity contribution in [2.24, 2.45) is 0 Å². The van der Waals surface area contributed by atoms with E-state index in [1.807, 2.05) is 6.07 Å². The highest BCUT2D eigenvalue weighted by Gasteiger charge is 2.75. The Morgan fingerprint density at radius 1 is 1.00 bits per heavy atom. The van der Waals surface area contributed by atoms with Gasteiger partial charge in [-0.2, -0.15) is 31.6 Å². The van der Waals surface area contributed by atoms with Crippen LogP contribution in [0.25, 0.3) is 0 Å². The molecule has 0 bridgehead atoms. The maximum Gasteiger partial charge on any atom is 0.437 e. The molecule has 2 aliphatic heterocycles. The van der Waals surface area contributed by atoms with Crippen LogP contribution in [0.1, 0.15) is 49.1 Å². The number of benzene rings is 1. The van der Waals surface area contributed by atoms with Gasteiger partial charge >= 0.3 is 18.0 Å². The first-order chi connectivity index (χ1) is 20.5. The van der Waals surface area contributed by atoms with E-state index in [4.69, 9.17) is 5.26 Å². The van der Waals surface area contributed by atoms with Gasteiger partial charge in [0.1, 0.15) is 10.8 Å². The number of aryl methyl sites for hydroxylation is 1. The molecular weight excluding hydrogens is 621 g/mol. The van der Waals surface area contributed by atoms with Gasteiger partial charge in [-0.25, -0.2) is 12.8 Å². The van der Waals surface area contributed by atoms with Gasteiger partial charge in [0.15, 0.2) is 9.84 Å². The molecule has 1 aromatic carbocycles. The number of nitriles is 1. The van der Waals surface area contributed by atoms with Crippen molar-refractivity contribution >= 4 is 21.7 Å². The summed E-state index contributed by atoms with van der Waals surface area (Å²) < 4.78 is 123. The average molecular weight is 647 g/mol. The highest BCUT2D eigenvalue weighted by molar-refractivity contribution is 7.92. The second-order valence-electron chi connectivity index (χ2n) is 10.9. The monoisotopic (exact) mass is 646 g/mol. The Morgan fingerprint density at radius 2 is 1.66 bits per heavy atom. The Labute approximate surface area is 247 Å². The molecule has 3 aliphatic rings. The number of amides is 2. The number of pyridine rings is 1. The average Bonchev–Trinajstić information content (AvgIpc) is 3.55. The number of hydrogen-bond acceptors (Lipinski definition) is 6. The van der Waals surface area contributed by atoms with Gasteiger partial charge in [0, 0.05) is 25.2 Å². The number of likely N-dealkylation sites (tertiary alicyclic amines) is 2. The molecule has 236 valence electrons. The minimum Gasteiger partial charge on any atom is -0.336 e. The van der Waals surface area contributed by atoms with Crippen molar-refractivity contribution in [1.82, 2.24) is 14.8 Å². The van der Waals surface area contributed by atoms with Crippen molar-refractivity contribution in [2.45, 2.75) is 78.3 Å². The molecule has 44 heavy (non-hydrogen) atoms. The zero-order valence-corrected chi connectivity index (χ0v) is 23.6. The van der Waals surface area contributed by atoms with Gasteiger partial charge in [0.2, 0.25) is 11.8 Å². The Bertz CT molecular complexity index is 1610. The zero-order valence-electron chi connectivity index (χ0n) is 22.8. The molecule has 2 aromatic rings. The minimum absolute atomic E-state index is 0.0172. The molecule has 0 radical (unpaired) electrons. The highest BCUT2D eigenvalue weighted by Crippen LogP contribution is 2.56. The van der Waals surface area contributed by atoms with E-state index in [9.17, 15) is 48.7 Å². The van der Waals surface area contributed by atoms with E-state index >= 15 is 0 Å². The smallest absolute Gasteiger partial charge is 0.336 e. The van der Waals surface area contributed by atoms with E-state index in [0.717, 1.165) is 6.07 Å². The molecule has 0 N–H and O–H groups in total. The van der Waals surface area contributed by atoms with E-state index in [0.29, 0.717) is 0 Å². The quantitative estimate of drug-likeness (QED) is 0.428. The summed E-state index contributed by atoms with van der Waals surface area (Å²) in [5.74, 6) is -0.926. The number of carbonyl (C=O) groups excluding carboxylic acids is 2. The second kappa shape index (κ2) is 10.7. The SMILES string of the molecule is N#CCCN1C(=O)CC[C@H]1C(=O)N1CCC2(S(=O)(=O)c3ccccc3)c3ccc(C(F)(C(F)(F)F)C(F)(F)F)nc3CCC12. The van der Waals surface area contributed by atoms with Crippen LogP contribution >= 0.6 is 0 Å². The van der Waals surface area contributed by atoms with Gasteiger partial charge in [0.25, 0.3) is 0 Å². The minimum atomic E-state index is -6.41. The maximum atomic E-state index is 14.9. The molecule has 3 atom stereocenters. The van der Waals surface area contributed by atoms with Crippen molar-refractivity contribution in [3.63, 3.8) is 0 Å². The summed E-state index contributed by atoms with van der Waals surface area (Å²) in [6, 6.07) is 7.71. The molecule has 0 spiro atoms. The number of carbonyl (C=O) groups is 2. The third kappa shape index (κ3) is 4.53. The lowest BCUT2D eigenvalue weighted by Crippen LogP contribution is -2.56. The lowest BCUT2D eigenvalue weighted by atomic mass is 9.80. The third-order valence-corrected chi connectivity index (χ3v) is 11.3. The molecule has 1 aromatic heterocycles. The van der Waals surface area contributed by atoms with E-state index in [1.54, 1.807) is 6.07 Å². The summed E-state index contributed by atoms with van der Waals surface area (Å²) in [5.41, 5.74) is -8.44. The number of sulfone groups is 1. The summed E-state index contributed by atoms with van der Waals surface area (Å²) in [5, 5.41) is 8.98. The highest BCUT2D eigenvalue weighted by atomic mass is 32.2. The fourth-order valence-electron chi connectivity index (χ4n) is 6.72. The molecule has 2 unspecified atom stereocenters. The summed E-state index contributed by atoms with van der Waals surface area (Å²) in [6.45, 7) is -0.178. The van der Waals surface area contributed by atoms with Crippen molar-refractivity contribution in [3.05, 3.63) is 59.4 Å². The Morgan fingerprint density at radius 3 is 2.27 bits per heavy atom. The van der Waals surface area contributed by atoms with Gasteiger partial charge in [-0.1, -0.05) is 24.3 Å². The largest absolute Gasteiger partial charge is 0.437 e. The van der Waals surface area contributed by atoms with E-state index in [1.165, 1.54) is 34.1 Å². The molecule has 1 aliphatic carbocycles. The Hall–Kier alpha value is -3.74. The van der Waals surface area contributed by atoms with Crippen LogP contribution in [0, 0.1) is 11.3 Å². The lowest BCUT2D eigenvalue weighted by molar-refractivity contribution is -0.350. The summed E-state index contributed by atoms with van der Waals surface area (Å²) in [4.78, 5) is 32.2. The normalized spacial score (nSPS) is 24.2. The molecular formula is C28H25F7N4O4S. The third-order valence-electron chi connectivity index (χ3n) is 8.75. The summed E-state index contributed by atoms with van der Waals surface area (Å²) in [6.07, 6.45) is -13.6. The zero-order chi connectivity index (χ0) is 32.3. The van der Waals surface area contributed by atoms with Crippen LogP contribution in [-0.4, -0.2) is 72.5 Å². The van der Waals surface area contributed by atoms with Crippen LogP contribution in [0.4, 0.5) is 30.7 Å². The first-order valence-electron chi connectivity index (χ1n) is 13.6. The molecule has 5 rings (SSSR count). The van der Waals surface area contributed by atoms with Gasteiger partial charge in [-0.3, -0.25) is 14.6 Å². The van der Waals surface area contributed by atoms with Gasteiger partial charge in [-0.05, 0) is 49.4 Å². The van der Waals surface area contributed by atoms with Crippen LogP contribution in [0.2, 0.25) is 0 Å². The number of halogens is 7. The van der Waals surface area contributed by atoms with Gasteiger partial charge in [0.05, 0.1) is 29.1 Å². The lowest BCUT2D eigenvalue weighted by Gasteiger charge is -2.43. The molecule has 2 saturated heterocycles. The predicted molar refractivity (Wildman–Crippen MR) is 138 cm³/mol. The fourth-order valence-corrected chi connectivity index (χ4v) is 9.10. The molecule has 2 amide bonds. The van der Waals surface area contributed by atoms with Crippen LogP contribution in [0.3, 0.4) is 0 Å². The summed E-state index contributed by atoms with van der Waals surface area (Å²) >= 11 is 0. The van der Waals surface area contributed by atoms with E-state index < -0.39 is 62.0 Å². The van der Waals surface area contributed by atoms with Gasteiger partial charge in [-0.15, -0.1) is 0 Å². The van der Waals surface area contributed by atoms with Crippen molar-refractivity contribution < 1.29 is 48.7 Å².